The molecule has 0 radical (unpaired) electrons. The third kappa shape index (κ3) is 15.2. The van der Waals surface area contributed by atoms with Crippen molar-refractivity contribution in [1.82, 2.24) is 0 Å². The van der Waals surface area contributed by atoms with Gasteiger partial charge in [-0.25, -0.2) is 4.57 Å². The second kappa shape index (κ2) is 14.2. The summed E-state index contributed by atoms with van der Waals surface area (Å²) in [5, 5.41) is 0. The van der Waals surface area contributed by atoms with E-state index in [4.69, 9.17) is 13.9 Å². The third-order valence-electron chi connectivity index (χ3n) is 4.07. The third-order valence-corrected chi connectivity index (χ3v) is 10.2. The van der Waals surface area contributed by atoms with Crippen LogP contribution in [0, 0.1) is 0 Å². The standard InChI is InChI=1S/C8H19O4P.C7H19P/c1-3-5-7-11-13(9,10)12-8-6-4-2;1-5-8(4,6-2)7-3/h3-8H2,1-2H3,(H,9,10);8H,5-7H2,1-4H3. The summed E-state index contributed by atoms with van der Waals surface area (Å²) in [6.45, 7) is 14.0. The fourth-order valence-corrected chi connectivity index (χ4v) is 3.73. The van der Waals surface area contributed by atoms with Gasteiger partial charge in [-0.3, -0.25) is 9.05 Å². The van der Waals surface area contributed by atoms with E-state index in [0.29, 0.717) is 0 Å². The molecule has 0 heterocycles. The van der Waals surface area contributed by atoms with E-state index in [1.807, 2.05) is 13.8 Å². The molecule has 0 spiro atoms. The molecule has 0 aliphatic carbocycles. The molecule has 0 atom stereocenters. The first kappa shape index (κ1) is 23.8. The van der Waals surface area contributed by atoms with Crippen LogP contribution in [-0.4, -0.2) is 43.3 Å². The zero-order chi connectivity index (χ0) is 16.8. The molecule has 0 unspecified atom stereocenters. The monoisotopic (exact) mass is 344 g/mol. The second-order valence-electron chi connectivity index (χ2n) is 5.71. The van der Waals surface area contributed by atoms with Crippen molar-refractivity contribution in [3.05, 3.63) is 0 Å². The maximum atomic E-state index is 11.1. The van der Waals surface area contributed by atoms with Gasteiger partial charge in [0.25, 0.3) is 0 Å². The van der Waals surface area contributed by atoms with Crippen LogP contribution in [0.1, 0.15) is 60.3 Å². The first-order chi connectivity index (χ1) is 9.80. The van der Waals surface area contributed by atoms with Gasteiger partial charge in [0, 0.05) is 0 Å². The van der Waals surface area contributed by atoms with Gasteiger partial charge in [0.05, 0.1) is 13.2 Å². The normalized spacial score (nSPS) is 12.7. The van der Waals surface area contributed by atoms with Gasteiger partial charge in [0.1, 0.15) is 0 Å². The van der Waals surface area contributed by atoms with Gasteiger partial charge in [0.2, 0.25) is 0 Å². The van der Waals surface area contributed by atoms with Gasteiger partial charge in [0.15, 0.2) is 0 Å². The van der Waals surface area contributed by atoms with E-state index in [9.17, 15) is 4.57 Å². The van der Waals surface area contributed by atoms with Crippen LogP contribution in [0.5, 0.6) is 0 Å². The van der Waals surface area contributed by atoms with Crippen LogP contribution in [-0.2, 0) is 13.6 Å². The molecule has 0 aromatic heterocycles. The van der Waals surface area contributed by atoms with E-state index in [2.05, 4.69) is 27.4 Å². The van der Waals surface area contributed by atoms with E-state index < -0.39 is 15.1 Å². The van der Waals surface area contributed by atoms with Gasteiger partial charge in [-0.2, -0.15) is 0 Å². The zero-order valence-electron chi connectivity index (χ0n) is 15.0. The fraction of sp³-hybridized carbons (Fsp3) is 1.00. The Kier molecular flexibility index (Phi) is 16.0. The summed E-state index contributed by atoms with van der Waals surface area (Å²) in [4.78, 5) is 9.08. The number of phosphoric ester groups is 1. The van der Waals surface area contributed by atoms with Crippen molar-refractivity contribution in [2.24, 2.45) is 0 Å². The minimum atomic E-state index is -3.75. The predicted octanol–water partition coefficient (Wildman–Crippen LogP) is 5.15. The molecule has 132 valence electrons. The van der Waals surface area contributed by atoms with E-state index >= 15 is 0 Å². The molecular weight excluding hydrogens is 306 g/mol. The molecule has 0 bridgehead atoms. The molecule has 4 nitrogen and oxygen atoms in total. The zero-order valence-corrected chi connectivity index (χ0v) is 16.9. The summed E-state index contributed by atoms with van der Waals surface area (Å²) in [6.07, 6.45) is 7.81. The molecule has 0 rings (SSSR count). The average molecular weight is 344 g/mol. The Labute approximate surface area is 133 Å². The predicted molar refractivity (Wildman–Crippen MR) is 97.4 cm³/mol. The summed E-state index contributed by atoms with van der Waals surface area (Å²) < 4.78 is 20.5. The number of phosphoric acid groups is 1. The minimum absolute atomic E-state index is 0.288. The summed E-state index contributed by atoms with van der Waals surface area (Å²) in [5.74, 6) is 0. The Morgan fingerprint density at radius 3 is 1.38 bits per heavy atom. The van der Waals surface area contributed by atoms with Crippen LogP contribution in [0.2, 0.25) is 0 Å². The van der Waals surface area contributed by atoms with Crippen LogP contribution in [0.15, 0.2) is 0 Å². The van der Waals surface area contributed by atoms with E-state index in [1.165, 1.54) is 18.5 Å². The van der Waals surface area contributed by atoms with Crippen molar-refractivity contribution in [1.29, 1.82) is 0 Å². The molecule has 0 fully saturated rings. The van der Waals surface area contributed by atoms with Crippen molar-refractivity contribution in [2.45, 2.75) is 60.3 Å². The van der Waals surface area contributed by atoms with Gasteiger partial charge in [-0.15, -0.1) is 0 Å². The van der Waals surface area contributed by atoms with Gasteiger partial charge >= 0.3 is 61.0 Å². The Hall–Kier alpha value is 0.540. The summed E-state index contributed by atoms with van der Waals surface area (Å²) in [5.41, 5.74) is 0. The molecule has 0 aliphatic heterocycles. The van der Waals surface area contributed by atoms with Gasteiger partial charge in [-0.1, -0.05) is 26.7 Å². The molecule has 6 heteroatoms. The molecule has 0 aromatic rings. The maximum absolute atomic E-state index is 11.1. The van der Waals surface area contributed by atoms with Gasteiger partial charge in [-0.05, 0) is 12.8 Å². The van der Waals surface area contributed by atoms with Crippen LogP contribution in [0.25, 0.3) is 0 Å². The topological polar surface area (TPSA) is 55.8 Å². The molecule has 0 aromatic carbocycles. The van der Waals surface area contributed by atoms with Crippen molar-refractivity contribution < 1.29 is 18.5 Å². The number of hydrogen-bond acceptors (Lipinski definition) is 3. The van der Waals surface area contributed by atoms with Gasteiger partial charge < -0.3 is 4.89 Å². The molecule has 0 amide bonds. The number of rotatable bonds is 11. The first-order valence-corrected chi connectivity index (χ1v) is 13.0. The number of hydrogen-bond donors (Lipinski definition) is 1. The van der Waals surface area contributed by atoms with Crippen molar-refractivity contribution in [3.63, 3.8) is 0 Å². The molecule has 1 N–H and O–H groups in total. The van der Waals surface area contributed by atoms with Crippen LogP contribution in [0.4, 0.5) is 0 Å². The Morgan fingerprint density at radius 1 is 0.857 bits per heavy atom. The van der Waals surface area contributed by atoms with E-state index in [0.717, 1.165) is 25.7 Å². The molecule has 21 heavy (non-hydrogen) atoms. The van der Waals surface area contributed by atoms with Crippen molar-refractivity contribution in [2.75, 3.05) is 38.4 Å². The van der Waals surface area contributed by atoms with Crippen molar-refractivity contribution >= 4 is 15.1 Å². The molecule has 0 aliphatic rings. The van der Waals surface area contributed by atoms with Crippen LogP contribution in [0.3, 0.4) is 0 Å². The molecule has 0 saturated heterocycles. The number of unbranched alkanes of at least 4 members (excludes halogenated alkanes) is 2. The quantitative estimate of drug-likeness (QED) is 0.416. The Bertz CT molecular complexity index is 246. The first-order valence-electron chi connectivity index (χ1n) is 8.42. The second-order valence-corrected chi connectivity index (χ2v) is 12.9. The molecular formula is C15H38O4P2. The van der Waals surface area contributed by atoms with E-state index in [1.54, 1.807) is 0 Å². The summed E-state index contributed by atoms with van der Waals surface area (Å²) >= 11 is 0. The summed E-state index contributed by atoms with van der Waals surface area (Å²) in [7, 11) is -4.42. The summed E-state index contributed by atoms with van der Waals surface area (Å²) in [6, 6.07) is 0. The van der Waals surface area contributed by atoms with E-state index in [-0.39, 0.29) is 13.2 Å². The SMILES string of the molecule is CCCCOP(=O)(O)OCCCC.CC[PH](C)(CC)CC. The van der Waals surface area contributed by atoms with Crippen molar-refractivity contribution in [3.8, 4) is 0 Å². The Balaban J connectivity index is 0. The average Bonchev–Trinajstić information content (AvgIpc) is 2.47. The van der Waals surface area contributed by atoms with Crippen LogP contribution < -0.4 is 0 Å². The Morgan fingerprint density at radius 2 is 1.19 bits per heavy atom. The van der Waals surface area contributed by atoms with Crippen LogP contribution >= 0.6 is 15.1 Å². The molecule has 0 saturated carbocycles. The fourth-order valence-electron chi connectivity index (χ4n) is 1.44.